The molecule has 2 N–H and O–H groups in total. The van der Waals surface area contributed by atoms with Crippen molar-refractivity contribution >= 4 is 27.4 Å². The second-order valence-corrected chi connectivity index (χ2v) is 4.40. The number of carbonyl (C=O) groups is 1. The number of nitrogens with zero attached hydrogens (tertiary/aromatic N) is 3. The summed E-state index contributed by atoms with van der Waals surface area (Å²) >= 11 is 1.46. The summed E-state index contributed by atoms with van der Waals surface area (Å²) in [6.07, 6.45) is 2.62. The molecule has 0 fully saturated rings. The summed E-state index contributed by atoms with van der Waals surface area (Å²) in [5, 5.41) is 16.6. The highest BCUT2D eigenvalue weighted by molar-refractivity contribution is 7.20. The Hall–Kier alpha value is -1.63. The molecule has 0 atom stereocenters. The van der Waals surface area contributed by atoms with Gasteiger partial charge in [-0.25, -0.2) is 9.50 Å². The van der Waals surface area contributed by atoms with E-state index in [2.05, 4.69) is 15.4 Å². The standard InChI is InChI=1S/C9H12N4O2S/c1-6-5-13-9(11-6)16-8(12-13)10-4-2-3-7(14)15/h5H,2-4H2,1H3,(H,10,12)(H,14,15). The monoisotopic (exact) mass is 240 g/mol. The molecule has 6 nitrogen and oxygen atoms in total. The molecule has 0 aromatic carbocycles. The lowest BCUT2D eigenvalue weighted by atomic mass is 10.3. The van der Waals surface area contributed by atoms with E-state index in [-0.39, 0.29) is 6.42 Å². The van der Waals surface area contributed by atoms with Crippen LogP contribution < -0.4 is 5.32 Å². The van der Waals surface area contributed by atoms with E-state index in [9.17, 15) is 4.79 Å². The second kappa shape index (κ2) is 4.48. The number of carboxylic acids is 1. The Balaban J connectivity index is 1.89. The Morgan fingerprint density at radius 2 is 2.50 bits per heavy atom. The van der Waals surface area contributed by atoms with E-state index >= 15 is 0 Å². The highest BCUT2D eigenvalue weighted by Gasteiger charge is 2.05. The number of rotatable bonds is 5. The quantitative estimate of drug-likeness (QED) is 0.772. The maximum atomic E-state index is 10.3. The lowest BCUT2D eigenvalue weighted by Crippen LogP contribution is -2.04. The van der Waals surface area contributed by atoms with Crippen molar-refractivity contribution in [1.29, 1.82) is 0 Å². The molecule has 0 radical (unpaired) electrons. The zero-order valence-corrected chi connectivity index (χ0v) is 9.62. The van der Waals surface area contributed by atoms with Gasteiger partial charge < -0.3 is 10.4 Å². The Bertz CT molecular complexity index is 473. The average Bonchev–Trinajstić information content (AvgIpc) is 2.68. The molecule has 0 aliphatic rings. The van der Waals surface area contributed by atoms with Gasteiger partial charge >= 0.3 is 5.97 Å². The van der Waals surface area contributed by atoms with Crippen molar-refractivity contribution in [2.75, 3.05) is 11.9 Å². The average molecular weight is 240 g/mol. The van der Waals surface area contributed by atoms with Crippen LogP contribution in [0.2, 0.25) is 0 Å². The van der Waals surface area contributed by atoms with Crippen LogP contribution >= 0.6 is 11.3 Å². The van der Waals surface area contributed by atoms with Crippen LogP contribution in [0.1, 0.15) is 18.5 Å². The van der Waals surface area contributed by atoms with Crippen molar-refractivity contribution in [3.8, 4) is 0 Å². The lowest BCUT2D eigenvalue weighted by Gasteiger charge is -1.98. The van der Waals surface area contributed by atoms with E-state index in [1.165, 1.54) is 11.3 Å². The molecule has 2 aromatic heterocycles. The maximum absolute atomic E-state index is 10.3. The third-order valence-electron chi connectivity index (χ3n) is 2.01. The Morgan fingerprint density at radius 3 is 3.19 bits per heavy atom. The molecule has 7 heteroatoms. The van der Waals surface area contributed by atoms with Crippen molar-refractivity contribution in [3.05, 3.63) is 11.9 Å². The number of anilines is 1. The van der Waals surface area contributed by atoms with Crippen LogP contribution in [-0.4, -0.2) is 32.2 Å². The molecule has 2 rings (SSSR count). The fourth-order valence-corrected chi connectivity index (χ4v) is 2.17. The molecule has 0 aliphatic carbocycles. The molecular formula is C9H12N4O2S. The SMILES string of the molecule is Cc1cn2nc(NCCCC(=O)O)sc2n1. The summed E-state index contributed by atoms with van der Waals surface area (Å²) in [6.45, 7) is 2.53. The van der Waals surface area contributed by atoms with Gasteiger partial charge in [-0.1, -0.05) is 11.3 Å². The molecule has 0 bridgehead atoms. The zero-order chi connectivity index (χ0) is 11.5. The third-order valence-corrected chi connectivity index (χ3v) is 2.89. The topological polar surface area (TPSA) is 79.5 Å². The fraction of sp³-hybridized carbons (Fsp3) is 0.444. The van der Waals surface area contributed by atoms with E-state index < -0.39 is 5.97 Å². The minimum atomic E-state index is -0.772. The number of carboxylic acid groups (broad SMARTS) is 1. The number of hydrogen-bond donors (Lipinski definition) is 2. The normalized spacial score (nSPS) is 10.8. The van der Waals surface area contributed by atoms with Gasteiger partial charge in [-0.2, -0.15) is 0 Å². The van der Waals surface area contributed by atoms with Crippen LogP contribution in [0.3, 0.4) is 0 Å². The molecule has 86 valence electrons. The maximum Gasteiger partial charge on any atom is 0.303 e. The van der Waals surface area contributed by atoms with Gasteiger partial charge in [-0.3, -0.25) is 4.79 Å². The van der Waals surface area contributed by atoms with Crippen molar-refractivity contribution in [1.82, 2.24) is 14.6 Å². The number of aliphatic carboxylic acids is 1. The summed E-state index contributed by atoms with van der Waals surface area (Å²) < 4.78 is 1.72. The van der Waals surface area contributed by atoms with E-state index in [1.54, 1.807) is 4.52 Å². The third kappa shape index (κ3) is 2.48. The van der Waals surface area contributed by atoms with Crippen LogP contribution in [0.25, 0.3) is 4.96 Å². The second-order valence-electron chi connectivity index (χ2n) is 3.44. The number of nitrogens with one attached hydrogen (secondary N) is 1. The minimum Gasteiger partial charge on any atom is -0.481 e. The van der Waals surface area contributed by atoms with E-state index in [0.29, 0.717) is 13.0 Å². The Morgan fingerprint density at radius 1 is 1.69 bits per heavy atom. The smallest absolute Gasteiger partial charge is 0.303 e. The predicted octanol–water partition coefficient (Wildman–Crippen LogP) is 1.38. The fourth-order valence-electron chi connectivity index (χ4n) is 1.32. The van der Waals surface area contributed by atoms with Gasteiger partial charge in [0.25, 0.3) is 0 Å². The number of hydrogen-bond acceptors (Lipinski definition) is 5. The van der Waals surface area contributed by atoms with Gasteiger partial charge in [0.05, 0.1) is 11.9 Å². The lowest BCUT2D eigenvalue weighted by molar-refractivity contribution is -0.137. The van der Waals surface area contributed by atoms with Gasteiger partial charge in [0.15, 0.2) is 0 Å². The predicted molar refractivity (Wildman–Crippen MR) is 61.0 cm³/mol. The largest absolute Gasteiger partial charge is 0.481 e. The summed E-state index contributed by atoms with van der Waals surface area (Å²) in [4.78, 5) is 15.4. The molecule has 0 saturated heterocycles. The first-order valence-corrected chi connectivity index (χ1v) is 5.75. The number of imidazole rings is 1. The first-order chi connectivity index (χ1) is 7.65. The van der Waals surface area contributed by atoms with Gasteiger partial charge in [0.1, 0.15) is 0 Å². The van der Waals surface area contributed by atoms with Gasteiger partial charge in [-0.05, 0) is 13.3 Å². The van der Waals surface area contributed by atoms with Crippen molar-refractivity contribution in [2.24, 2.45) is 0 Å². The highest BCUT2D eigenvalue weighted by Crippen LogP contribution is 2.18. The number of aromatic nitrogens is 3. The highest BCUT2D eigenvalue weighted by atomic mass is 32.1. The van der Waals surface area contributed by atoms with Crippen LogP contribution in [0.5, 0.6) is 0 Å². The first kappa shape index (κ1) is 10.9. The van der Waals surface area contributed by atoms with Gasteiger partial charge in [-0.15, -0.1) is 5.10 Å². The van der Waals surface area contributed by atoms with Crippen LogP contribution in [0, 0.1) is 6.92 Å². The van der Waals surface area contributed by atoms with E-state index in [0.717, 1.165) is 15.8 Å². The van der Waals surface area contributed by atoms with Crippen LogP contribution in [-0.2, 0) is 4.79 Å². The van der Waals surface area contributed by atoms with Gasteiger partial charge in [0, 0.05) is 13.0 Å². The molecule has 16 heavy (non-hydrogen) atoms. The van der Waals surface area contributed by atoms with Crippen molar-refractivity contribution < 1.29 is 9.90 Å². The Kier molecular flexibility index (Phi) is 3.04. The number of fused-ring (bicyclic) bond motifs is 1. The summed E-state index contributed by atoms with van der Waals surface area (Å²) in [6, 6.07) is 0. The van der Waals surface area contributed by atoms with E-state index in [1.807, 2.05) is 13.1 Å². The van der Waals surface area contributed by atoms with Crippen LogP contribution in [0.15, 0.2) is 6.20 Å². The Labute approximate surface area is 95.9 Å². The van der Waals surface area contributed by atoms with Crippen molar-refractivity contribution in [2.45, 2.75) is 19.8 Å². The molecule has 0 aliphatic heterocycles. The number of aryl methyl sites for hydroxylation is 1. The molecule has 0 unspecified atom stereocenters. The van der Waals surface area contributed by atoms with Crippen LogP contribution in [0.4, 0.5) is 5.13 Å². The van der Waals surface area contributed by atoms with Crippen molar-refractivity contribution in [3.63, 3.8) is 0 Å². The molecule has 0 amide bonds. The zero-order valence-electron chi connectivity index (χ0n) is 8.80. The summed E-state index contributed by atoms with van der Waals surface area (Å²) in [5.74, 6) is -0.772. The molecular weight excluding hydrogens is 228 g/mol. The first-order valence-electron chi connectivity index (χ1n) is 4.93. The molecule has 0 saturated carbocycles. The van der Waals surface area contributed by atoms with Gasteiger partial charge in [0.2, 0.25) is 10.1 Å². The molecule has 2 aromatic rings. The van der Waals surface area contributed by atoms with E-state index in [4.69, 9.17) is 5.11 Å². The molecule has 0 spiro atoms. The summed E-state index contributed by atoms with van der Waals surface area (Å²) in [5.41, 5.74) is 0.941. The summed E-state index contributed by atoms with van der Waals surface area (Å²) in [7, 11) is 0. The minimum absolute atomic E-state index is 0.175. The molecule has 2 heterocycles.